The third-order valence-electron chi connectivity index (χ3n) is 4.55. The van der Waals surface area contributed by atoms with Gasteiger partial charge in [-0.25, -0.2) is 0 Å². The first-order chi connectivity index (χ1) is 13.1. The van der Waals surface area contributed by atoms with Crippen LogP contribution in [0.3, 0.4) is 0 Å². The minimum Gasteiger partial charge on any atom is -0.508 e. The monoisotopic (exact) mass is 374 g/mol. The molecule has 0 spiro atoms. The van der Waals surface area contributed by atoms with E-state index in [0.29, 0.717) is 11.1 Å². The zero-order chi connectivity index (χ0) is 19.0. The Balaban J connectivity index is 1.93. The van der Waals surface area contributed by atoms with E-state index >= 15 is 0 Å². The second-order valence-corrected chi connectivity index (χ2v) is 7.46. The van der Waals surface area contributed by atoms with E-state index in [2.05, 4.69) is 6.07 Å². The Morgan fingerprint density at radius 1 is 0.963 bits per heavy atom. The second-order valence-electron chi connectivity index (χ2n) is 6.41. The minimum atomic E-state index is -0.0454. The third-order valence-corrected chi connectivity index (χ3v) is 5.76. The highest BCUT2D eigenvalue weighted by atomic mass is 32.1. The number of rotatable bonds is 4. The number of phenols is 1. The molecule has 0 aliphatic rings. The van der Waals surface area contributed by atoms with Crippen molar-refractivity contribution in [1.82, 2.24) is 0 Å². The summed E-state index contributed by atoms with van der Waals surface area (Å²) in [5, 5.41) is 10.5. The Labute approximate surface area is 161 Å². The molecule has 3 nitrogen and oxygen atoms in total. The summed E-state index contributed by atoms with van der Waals surface area (Å²) in [6.07, 6.45) is 0. The lowest BCUT2D eigenvalue weighted by Gasteiger charge is -2.06. The van der Waals surface area contributed by atoms with E-state index in [9.17, 15) is 9.90 Å². The molecule has 1 aromatic heterocycles. The minimum absolute atomic E-state index is 0.0454. The molecule has 0 saturated carbocycles. The van der Waals surface area contributed by atoms with Gasteiger partial charge in [0.1, 0.15) is 11.5 Å². The van der Waals surface area contributed by atoms with E-state index in [1.807, 2.05) is 43.3 Å². The van der Waals surface area contributed by atoms with Gasteiger partial charge in [0.05, 0.1) is 7.11 Å². The number of aryl methyl sites for hydroxylation is 1. The zero-order valence-electron chi connectivity index (χ0n) is 15.0. The zero-order valence-corrected chi connectivity index (χ0v) is 15.8. The van der Waals surface area contributed by atoms with Crippen LogP contribution >= 0.6 is 11.3 Å². The number of aromatic hydroxyl groups is 1. The van der Waals surface area contributed by atoms with Crippen LogP contribution in [0.2, 0.25) is 0 Å². The Kier molecular flexibility index (Phi) is 4.42. The van der Waals surface area contributed by atoms with Crippen LogP contribution in [0.4, 0.5) is 0 Å². The highest BCUT2D eigenvalue weighted by Crippen LogP contribution is 2.40. The Hall–Kier alpha value is -3.11. The van der Waals surface area contributed by atoms with Crippen molar-refractivity contribution in [3.05, 3.63) is 83.4 Å². The van der Waals surface area contributed by atoms with Gasteiger partial charge in [0.25, 0.3) is 0 Å². The topological polar surface area (TPSA) is 46.5 Å². The normalized spacial score (nSPS) is 10.9. The van der Waals surface area contributed by atoms with Crippen LogP contribution in [0.5, 0.6) is 11.5 Å². The third kappa shape index (κ3) is 3.20. The first-order valence-electron chi connectivity index (χ1n) is 8.58. The molecule has 0 amide bonds. The van der Waals surface area contributed by atoms with E-state index in [0.717, 1.165) is 31.8 Å². The highest BCUT2D eigenvalue weighted by Gasteiger charge is 2.21. The number of carbonyl (C=O) groups excluding carboxylic acids is 1. The molecule has 1 heterocycles. The van der Waals surface area contributed by atoms with Gasteiger partial charge in [-0.2, -0.15) is 0 Å². The van der Waals surface area contributed by atoms with Crippen molar-refractivity contribution in [3.8, 4) is 21.9 Å². The van der Waals surface area contributed by atoms with Crippen molar-refractivity contribution in [2.24, 2.45) is 0 Å². The summed E-state index contributed by atoms with van der Waals surface area (Å²) in [5.41, 5.74) is 3.40. The molecule has 0 atom stereocenters. The molecule has 0 aliphatic carbocycles. The van der Waals surface area contributed by atoms with Crippen molar-refractivity contribution < 1.29 is 14.6 Å². The van der Waals surface area contributed by atoms with Crippen LogP contribution in [0.15, 0.2) is 66.7 Å². The fourth-order valence-electron chi connectivity index (χ4n) is 3.13. The van der Waals surface area contributed by atoms with Crippen LogP contribution in [0.1, 0.15) is 21.5 Å². The molecular formula is C23H18O3S. The van der Waals surface area contributed by atoms with E-state index < -0.39 is 0 Å². The second kappa shape index (κ2) is 6.89. The van der Waals surface area contributed by atoms with Gasteiger partial charge in [0.2, 0.25) is 0 Å². The standard InChI is InChI=1S/C23H18O3S/c1-14-3-12-19-20(13-14)27-23(16-6-10-18(26-2)11-7-16)21(19)22(25)15-4-8-17(24)9-5-15/h3-13,24H,1-2H3. The Morgan fingerprint density at radius 2 is 1.67 bits per heavy atom. The summed E-state index contributed by atoms with van der Waals surface area (Å²) in [7, 11) is 1.64. The van der Waals surface area contributed by atoms with Crippen molar-refractivity contribution in [1.29, 1.82) is 0 Å². The molecule has 0 aliphatic heterocycles. The number of benzene rings is 3. The summed E-state index contributed by atoms with van der Waals surface area (Å²) >= 11 is 1.62. The molecule has 4 heteroatoms. The van der Waals surface area contributed by atoms with Crippen LogP contribution in [0.25, 0.3) is 20.5 Å². The van der Waals surface area contributed by atoms with Crippen molar-refractivity contribution in [2.75, 3.05) is 7.11 Å². The highest BCUT2D eigenvalue weighted by molar-refractivity contribution is 7.22. The van der Waals surface area contributed by atoms with Gasteiger partial charge in [-0.15, -0.1) is 11.3 Å². The average molecular weight is 374 g/mol. The summed E-state index contributed by atoms with van der Waals surface area (Å²) in [6, 6.07) is 20.3. The van der Waals surface area contributed by atoms with Crippen LogP contribution in [-0.2, 0) is 0 Å². The molecule has 4 rings (SSSR count). The van der Waals surface area contributed by atoms with Gasteiger partial charge in [-0.05, 0) is 72.6 Å². The summed E-state index contributed by atoms with van der Waals surface area (Å²) in [6.45, 7) is 2.05. The summed E-state index contributed by atoms with van der Waals surface area (Å²) in [5.74, 6) is 0.880. The van der Waals surface area contributed by atoms with Crippen LogP contribution in [-0.4, -0.2) is 18.0 Å². The molecule has 3 aromatic carbocycles. The maximum absolute atomic E-state index is 13.3. The molecule has 0 saturated heterocycles. The number of ether oxygens (including phenoxy) is 1. The molecule has 4 aromatic rings. The molecule has 27 heavy (non-hydrogen) atoms. The predicted molar refractivity (Wildman–Crippen MR) is 110 cm³/mol. The largest absolute Gasteiger partial charge is 0.508 e. The van der Waals surface area contributed by atoms with Crippen molar-refractivity contribution in [2.45, 2.75) is 6.92 Å². The first kappa shape index (κ1) is 17.3. The van der Waals surface area contributed by atoms with Gasteiger partial charge < -0.3 is 9.84 Å². The Morgan fingerprint density at radius 3 is 2.33 bits per heavy atom. The predicted octanol–water partition coefficient (Wildman–Crippen LogP) is 5.82. The summed E-state index contributed by atoms with van der Waals surface area (Å²) < 4.78 is 6.34. The maximum Gasteiger partial charge on any atom is 0.195 e. The number of carbonyl (C=O) groups is 1. The molecule has 0 radical (unpaired) electrons. The maximum atomic E-state index is 13.3. The van der Waals surface area contributed by atoms with Gasteiger partial charge in [-0.1, -0.05) is 12.1 Å². The van der Waals surface area contributed by atoms with Gasteiger partial charge in [0.15, 0.2) is 5.78 Å². The number of thiophene rings is 1. The first-order valence-corrected chi connectivity index (χ1v) is 9.40. The molecule has 1 N–H and O–H groups in total. The number of methoxy groups -OCH3 is 1. The smallest absolute Gasteiger partial charge is 0.195 e. The molecule has 0 fully saturated rings. The van der Waals surface area contributed by atoms with E-state index in [1.54, 1.807) is 42.7 Å². The quantitative estimate of drug-likeness (QED) is 0.458. The number of fused-ring (bicyclic) bond motifs is 1. The van der Waals surface area contributed by atoms with Crippen LogP contribution in [0, 0.1) is 6.92 Å². The Bertz CT molecular complexity index is 1120. The van der Waals surface area contributed by atoms with E-state index in [4.69, 9.17) is 4.74 Å². The lowest BCUT2D eigenvalue weighted by atomic mass is 9.97. The van der Waals surface area contributed by atoms with Crippen molar-refractivity contribution in [3.63, 3.8) is 0 Å². The molecule has 0 bridgehead atoms. The fraction of sp³-hybridized carbons (Fsp3) is 0.0870. The van der Waals surface area contributed by atoms with E-state index in [-0.39, 0.29) is 11.5 Å². The summed E-state index contributed by atoms with van der Waals surface area (Å²) in [4.78, 5) is 14.3. The fourth-order valence-corrected chi connectivity index (χ4v) is 4.44. The van der Waals surface area contributed by atoms with Gasteiger partial charge in [-0.3, -0.25) is 4.79 Å². The van der Waals surface area contributed by atoms with Crippen molar-refractivity contribution >= 4 is 27.2 Å². The lowest BCUT2D eigenvalue weighted by molar-refractivity contribution is 0.104. The van der Waals surface area contributed by atoms with Gasteiger partial charge in [0, 0.05) is 26.1 Å². The van der Waals surface area contributed by atoms with Crippen LogP contribution < -0.4 is 4.74 Å². The number of hydrogen-bond donors (Lipinski definition) is 1. The average Bonchev–Trinajstić information content (AvgIpc) is 3.06. The molecule has 134 valence electrons. The SMILES string of the molecule is COc1ccc(-c2sc3cc(C)ccc3c2C(=O)c2ccc(O)cc2)cc1. The van der Waals surface area contributed by atoms with Gasteiger partial charge >= 0.3 is 0 Å². The number of ketones is 1. The number of hydrogen-bond acceptors (Lipinski definition) is 4. The lowest BCUT2D eigenvalue weighted by Crippen LogP contribution is -2.01. The van der Waals surface area contributed by atoms with E-state index in [1.165, 1.54) is 0 Å². The number of phenolic OH excluding ortho intramolecular Hbond substituents is 1. The molecule has 0 unspecified atom stereocenters. The molecular weight excluding hydrogens is 356 g/mol.